The maximum atomic E-state index is 13.8. The molecule has 3 aromatic heterocycles. The van der Waals surface area contributed by atoms with Crippen molar-refractivity contribution in [3.05, 3.63) is 65.6 Å². The normalized spacial score (nSPS) is 14.2. The zero-order valence-corrected chi connectivity index (χ0v) is 16.4. The number of anilines is 1. The lowest BCUT2D eigenvalue weighted by Gasteiger charge is -2.30. The van der Waals surface area contributed by atoms with Crippen LogP contribution < -0.4 is 4.90 Å². The van der Waals surface area contributed by atoms with Crippen molar-refractivity contribution >= 4 is 16.7 Å². The molecule has 5 rings (SSSR count). The molecule has 10 heteroatoms. The van der Waals surface area contributed by atoms with Crippen LogP contribution in [0.15, 0.2) is 42.9 Å². The van der Waals surface area contributed by atoms with Crippen LogP contribution in [-0.4, -0.2) is 31.3 Å². The Morgan fingerprint density at radius 2 is 1.87 bits per heavy atom. The summed E-state index contributed by atoms with van der Waals surface area (Å²) in [5.41, 5.74) is 2.32. The van der Waals surface area contributed by atoms with E-state index in [0.717, 1.165) is 17.3 Å². The molecule has 1 aromatic carbocycles. The Bertz CT molecular complexity index is 1300. The fraction of sp³-hybridized carbons (Fsp3) is 0.238. The summed E-state index contributed by atoms with van der Waals surface area (Å²) < 4.78 is 54.1. The van der Waals surface area contributed by atoms with Crippen LogP contribution in [0.1, 0.15) is 17.0 Å². The van der Waals surface area contributed by atoms with Crippen molar-refractivity contribution in [3.63, 3.8) is 0 Å². The molecule has 0 unspecified atom stereocenters. The van der Waals surface area contributed by atoms with E-state index in [-0.39, 0.29) is 5.82 Å². The molecule has 4 aromatic rings. The minimum Gasteiger partial charge on any atom is -0.351 e. The summed E-state index contributed by atoms with van der Waals surface area (Å²) in [5.74, 6) is 0.238. The number of fused-ring (bicyclic) bond motifs is 2. The van der Waals surface area contributed by atoms with Crippen molar-refractivity contribution in [2.75, 3.05) is 11.4 Å². The lowest BCUT2D eigenvalue weighted by Crippen LogP contribution is -2.31. The summed E-state index contributed by atoms with van der Waals surface area (Å²) in [7, 11) is 1.47. The molecule has 0 bridgehead atoms. The summed E-state index contributed by atoms with van der Waals surface area (Å²) in [6.07, 6.45) is -0.872. The van der Waals surface area contributed by atoms with Crippen LogP contribution in [0.4, 0.5) is 23.4 Å². The van der Waals surface area contributed by atoms with Gasteiger partial charge in [0.2, 0.25) is 0 Å². The Morgan fingerprint density at radius 3 is 2.65 bits per heavy atom. The second-order valence-corrected chi connectivity index (χ2v) is 7.40. The molecule has 31 heavy (non-hydrogen) atoms. The van der Waals surface area contributed by atoms with E-state index in [9.17, 15) is 17.6 Å². The molecular formula is C21H16F4N6. The average molecular weight is 428 g/mol. The maximum Gasteiger partial charge on any atom is 0.435 e. The van der Waals surface area contributed by atoms with E-state index in [1.165, 1.54) is 30.2 Å². The molecule has 4 heterocycles. The number of halogens is 4. The standard InChI is InChI=1S/C21H16F4N6/c1-30-18(8-19(29-30)21(23,24)25)12-6-13-10-31(5-4-16(13)26-9-12)20-15-7-14(22)2-3-17(15)27-11-28-20/h2-3,6-9,11H,4-5,10H2,1H3. The van der Waals surface area contributed by atoms with Gasteiger partial charge in [-0.05, 0) is 35.9 Å². The minimum absolute atomic E-state index is 0.328. The molecule has 0 atom stereocenters. The molecule has 0 saturated heterocycles. The first-order chi connectivity index (χ1) is 14.8. The lowest BCUT2D eigenvalue weighted by atomic mass is 10.0. The predicted molar refractivity (Wildman–Crippen MR) is 106 cm³/mol. The van der Waals surface area contributed by atoms with Gasteiger partial charge in [-0.1, -0.05) is 0 Å². The third kappa shape index (κ3) is 3.47. The molecule has 0 spiro atoms. The lowest BCUT2D eigenvalue weighted by molar-refractivity contribution is -0.141. The number of alkyl halides is 3. The smallest absolute Gasteiger partial charge is 0.351 e. The number of hydrogen-bond acceptors (Lipinski definition) is 5. The third-order valence-electron chi connectivity index (χ3n) is 5.38. The molecule has 0 N–H and O–H groups in total. The molecule has 0 saturated carbocycles. The number of pyridine rings is 1. The summed E-state index contributed by atoms with van der Waals surface area (Å²) >= 11 is 0. The van der Waals surface area contributed by atoms with Gasteiger partial charge in [0, 0.05) is 49.4 Å². The number of rotatable bonds is 2. The highest BCUT2D eigenvalue weighted by Crippen LogP contribution is 2.33. The summed E-state index contributed by atoms with van der Waals surface area (Å²) in [4.78, 5) is 15.0. The van der Waals surface area contributed by atoms with Crippen LogP contribution in [0, 0.1) is 5.82 Å². The van der Waals surface area contributed by atoms with Gasteiger partial charge in [0.15, 0.2) is 5.69 Å². The number of aryl methyl sites for hydroxylation is 1. The van der Waals surface area contributed by atoms with Gasteiger partial charge in [-0.15, -0.1) is 0 Å². The molecular weight excluding hydrogens is 412 g/mol. The van der Waals surface area contributed by atoms with E-state index in [1.54, 1.807) is 12.3 Å². The van der Waals surface area contributed by atoms with Crippen LogP contribution in [0.5, 0.6) is 0 Å². The Balaban J connectivity index is 1.51. The Morgan fingerprint density at radius 1 is 1.03 bits per heavy atom. The van der Waals surface area contributed by atoms with Crippen LogP contribution in [-0.2, 0) is 26.2 Å². The number of benzene rings is 1. The summed E-state index contributed by atoms with van der Waals surface area (Å²) in [5, 5.41) is 4.18. The van der Waals surface area contributed by atoms with Crippen LogP contribution in [0.3, 0.4) is 0 Å². The van der Waals surface area contributed by atoms with Crippen LogP contribution >= 0.6 is 0 Å². The first-order valence-corrected chi connectivity index (χ1v) is 9.54. The van der Waals surface area contributed by atoms with Crippen molar-refractivity contribution in [1.82, 2.24) is 24.7 Å². The zero-order chi connectivity index (χ0) is 21.8. The fourth-order valence-electron chi connectivity index (χ4n) is 3.89. The van der Waals surface area contributed by atoms with E-state index >= 15 is 0 Å². The number of hydrogen-bond donors (Lipinski definition) is 0. The Hall–Kier alpha value is -3.56. The maximum absolute atomic E-state index is 13.8. The average Bonchev–Trinajstić information content (AvgIpc) is 3.14. The first kappa shape index (κ1) is 19.4. The Labute approximate surface area is 174 Å². The second kappa shape index (κ2) is 7.00. The molecule has 0 amide bonds. The first-order valence-electron chi connectivity index (χ1n) is 9.54. The van der Waals surface area contributed by atoms with E-state index in [2.05, 4.69) is 20.1 Å². The monoisotopic (exact) mass is 428 g/mol. The molecule has 1 aliphatic heterocycles. The van der Waals surface area contributed by atoms with Crippen LogP contribution in [0.25, 0.3) is 22.2 Å². The van der Waals surface area contributed by atoms with Crippen molar-refractivity contribution in [1.29, 1.82) is 0 Å². The van der Waals surface area contributed by atoms with Crippen molar-refractivity contribution in [3.8, 4) is 11.3 Å². The van der Waals surface area contributed by atoms with Gasteiger partial charge >= 0.3 is 6.18 Å². The molecule has 1 aliphatic rings. The van der Waals surface area contributed by atoms with Gasteiger partial charge in [0.05, 0.1) is 11.2 Å². The van der Waals surface area contributed by atoms with Crippen molar-refractivity contribution in [2.45, 2.75) is 19.1 Å². The highest BCUT2D eigenvalue weighted by Gasteiger charge is 2.35. The van der Waals surface area contributed by atoms with E-state index in [0.29, 0.717) is 47.5 Å². The molecule has 0 radical (unpaired) electrons. The highest BCUT2D eigenvalue weighted by molar-refractivity contribution is 5.89. The number of aromatic nitrogens is 5. The van der Waals surface area contributed by atoms with Gasteiger partial charge in [-0.2, -0.15) is 18.3 Å². The van der Waals surface area contributed by atoms with Gasteiger partial charge in [-0.25, -0.2) is 14.4 Å². The van der Waals surface area contributed by atoms with Gasteiger partial charge in [0.1, 0.15) is 18.0 Å². The Kier molecular flexibility index (Phi) is 4.38. The third-order valence-corrected chi connectivity index (χ3v) is 5.38. The van der Waals surface area contributed by atoms with Crippen LogP contribution in [0.2, 0.25) is 0 Å². The molecule has 0 aliphatic carbocycles. The van der Waals surface area contributed by atoms with Gasteiger partial charge < -0.3 is 4.90 Å². The zero-order valence-electron chi connectivity index (χ0n) is 16.4. The predicted octanol–water partition coefficient (Wildman–Crippen LogP) is 4.15. The van der Waals surface area contributed by atoms with Crippen molar-refractivity contribution < 1.29 is 17.6 Å². The van der Waals surface area contributed by atoms with Gasteiger partial charge in [-0.3, -0.25) is 9.67 Å². The minimum atomic E-state index is -4.52. The van der Waals surface area contributed by atoms with E-state index < -0.39 is 11.9 Å². The van der Waals surface area contributed by atoms with E-state index in [1.807, 2.05) is 11.0 Å². The van der Waals surface area contributed by atoms with E-state index in [4.69, 9.17) is 0 Å². The molecule has 6 nitrogen and oxygen atoms in total. The summed E-state index contributed by atoms with van der Waals surface area (Å²) in [6, 6.07) is 7.21. The van der Waals surface area contributed by atoms with Crippen molar-refractivity contribution in [2.24, 2.45) is 7.05 Å². The summed E-state index contributed by atoms with van der Waals surface area (Å²) in [6.45, 7) is 1.08. The van der Waals surface area contributed by atoms with Gasteiger partial charge in [0.25, 0.3) is 0 Å². The largest absolute Gasteiger partial charge is 0.435 e. The quantitative estimate of drug-likeness (QED) is 0.449. The SMILES string of the molecule is Cn1nc(C(F)(F)F)cc1-c1cnc2c(c1)CN(c1ncnc3ccc(F)cc13)CC2. The highest BCUT2D eigenvalue weighted by atomic mass is 19.4. The second-order valence-electron chi connectivity index (χ2n) is 7.40. The topological polar surface area (TPSA) is 59.7 Å². The molecule has 158 valence electrons. The number of nitrogens with zero attached hydrogens (tertiary/aromatic N) is 6. The fourth-order valence-corrected chi connectivity index (χ4v) is 3.89. The molecule has 0 fully saturated rings.